The molecule has 0 aliphatic heterocycles. The van der Waals surface area contributed by atoms with Crippen LogP contribution in [0.1, 0.15) is 11.1 Å². The molecule has 29 heavy (non-hydrogen) atoms. The van der Waals surface area contributed by atoms with E-state index in [2.05, 4.69) is 15.7 Å². The van der Waals surface area contributed by atoms with Crippen LogP contribution >= 0.6 is 11.8 Å². The van der Waals surface area contributed by atoms with Crippen molar-refractivity contribution in [2.75, 3.05) is 23.4 Å². The minimum absolute atomic E-state index is 0.0754. The number of carbonyl (C=O) groups is 2. The Morgan fingerprint density at radius 1 is 1.00 bits per heavy atom. The van der Waals surface area contributed by atoms with Gasteiger partial charge in [-0.2, -0.15) is 5.10 Å². The number of amides is 2. The van der Waals surface area contributed by atoms with Crippen LogP contribution in [-0.4, -0.2) is 39.6 Å². The number of nitrogens with one attached hydrogen (secondary N) is 2. The molecule has 0 bridgehead atoms. The van der Waals surface area contributed by atoms with E-state index < -0.39 is 0 Å². The van der Waals surface area contributed by atoms with Crippen LogP contribution in [0.4, 0.5) is 5.69 Å². The molecule has 1 heterocycles. The number of anilines is 1. The Labute approximate surface area is 174 Å². The van der Waals surface area contributed by atoms with Crippen LogP contribution in [0.25, 0.3) is 5.69 Å². The third-order valence-electron chi connectivity index (χ3n) is 4.19. The first-order chi connectivity index (χ1) is 14.1. The summed E-state index contributed by atoms with van der Waals surface area (Å²) in [4.78, 5) is 23.9. The second-order valence-electron chi connectivity index (χ2n) is 6.64. The van der Waals surface area contributed by atoms with Gasteiger partial charge in [0.2, 0.25) is 11.8 Å². The van der Waals surface area contributed by atoms with E-state index in [9.17, 15) is 9.59 Å². The van der Waals surface area contributed by atoms with Gasteiger partial charge in [0.25, 0.3) is 0 Å². The summed E-state index contributed by atoms with van der Waals surface area (Å²) >= 11 is 1.30. The fraction of sp³-hybridized carbons (Fsp3) is 0.227. The lowest BCUT2D eigenvalue weighted by molar-refractivity contribution is -0.118. The molecule has 0 aliphatic carbocycles. The number of thioether (sulfide) groups is 1. The number of hydrogen-bond acceptors (Lipinski definition) is 4. The summed E-state index contributed by atoms with van der Waals surface area (Å²) in [6.45, 7) is 2.53. The van der Waals surface area contributed by atoms with Crippen molar-refractivity contribution in [2.45, 2.75) is 13.3 Å². The third kappa shape index (κ3) is 6.80. The van der Waals surface area contributed by atoms with Gasteiger partial charge in [-0.25, -0.2) is 4.68 Å². The molecule has 7 heteroatoms. The van der Waals surface area contributed by atoms with Crippen LogP contribution in [0.2, 0.25) is 0 Å². The van der Waals surface area contributed by atoms with Crippen LogP contribution in [-0.2, 0) is 16.0 Å². The van der Waals surface area contributed by atoms with E-state index in [1.807, 2.05) is 78.6 Å². The average molecular weight is 409 g/mol. The van der Waals surface area contributed by atoms with Gasteiger partial charge in [0.1, 0.15) is 0 Å². The Bertz CT molecular complexity index is 939. The molecule has 2 N–H and O–H groups in total. The third-order valence-corrected chi connectivity index (χ3v) is 5.13. The Morgan fingerprint density at radius 3 is 2.48 bits per heavy atom. The maximum atomic E-state index is 12.0. The number of aromatic nitrogens is 2. The molecular weight excluding hydrogens is 384 g/mol. The largest absolute Gasteiger partial charge is 0.355 e. The zero-order valence-electron chi connectivity index (χ0n) is 16.3. The van der Waals surface area contributed by atoms with Gasteiger partial charge in [-0.05, 0) is 43.2 Å². The summed E-state index contributed by atoms with van der Waals surface area (Å²) in [5, 5.41) is 10.1. The smallest absolute Gasteiger partial charge is 0.234 e. The Hall–Kier alpha value is -3.06. The average Bonchev–Trinajstić information content (AvgIpc) is 3.19. The molecule has 1 aromatic heterocycles. The van der Waals surface area contributed by atoms with Crippen LogP contribution < -0.4 is 10.6 Å². The van der Waals surface area contributed by atoms with E-state index >= 15 is 0 Å². The van der Waals surface area contributed by atoms with Crippen molar-refractivity contribution in [1.82, 2.24) is 15.1 Å². The van der Waals surface area contributed by atoms with E-state index in [4.69, 9.17) is 0 Å². The van der Waals surface area contributed by atoms with Crippen LogP contribution in [0.15, 0.2) is 67.0 Å². The van der Waals surface area contributed by atoms with Gasteiger partial charge in [0.15, 0.2) is 0 Å². The van der Waals surface area contributed by atoms with Crippen LogP contribution in [0.3, 0.4) is 0 Å². The normalized spacial score (nSPS) is 10.5. The van der Waals surface area contributed by atoms with Gasteiger partial charge in [-0.1, -0.05) is 35.9 Å². The Morgan fingerprint density at radius 2 is 1.72 bits per heavy atom. The molecule has 150 valence electrons. The molecule has 2 aromatic carbocycles. The zero-order chi connectivity index (χ0) is 20.5. The second kappa shape index (κ2) is 10.5. The fourth-order valence-electron chi connectivity index (χ4n) is 2.68. The van der Waals surface area contributed by atoms with Crippen molar-refractivity contribution in [3.8, 4) is 5.69 Å². The highest BCUT2D eigenvalue weighted by Crippen LogP contribution is 2.10. The fourth-order valence-corrected chi connectivity index (χ4v) is 3.33. The Balaban J connectivity index is 1.31. The van der Waals surface area contributed by atoms with E-state index in [0.29, 0.717) is 13.0 Å². The van der Waals surface area contributed by atoms with Crippen molar-refractivity contribution < 1.29 is 9.59 Å². The molecule has 0 saturated carbocycles. The monoisotopic (exact) mass is 408 g/mol. The molecule has 0 radical (unpaired) electrons. The van der Waals surface area contributed by atoms with Crippen molar-refractivity contribution in [2.24, 2.45) is 0 Å². The maximum Gasteiger partial charge on any atom is 0.234 e. The van der Waals surface area contributed by atoms with Gasteiger partial charge < -0.3 is 10.6 Å². The SMILES string of the molecule is Cc1ccc(NC(=O)CSCC(=O)NCCc2cnn(-c3ccccc3)c2)cc1. The van der Waals surface area contributed by atoms with Crippen molar-refractivity contribution in [3.05, 3.63) is 78.1 Å². The summed E-state index contributed by atoms with van der Waals surface area (Å²) in [5.74, 6) is 0.309. The second-order valence-corrected chi connectivity index (χ2v) is 7.62. The Kier molecular flexibility index (Phi) is 7.47. The number of rotatable bonds is 9. The van der Waals surface area contributed by atoms with E-state index in [1.54, 1.807) is 0 Å². The van der Waals surface area contributed by atoms with Crippen molar-refractivity contribution in [1.29, 1.82) is 0 Å². The molecular formula is C22H24N4O2S. The molecule has 6 nitrogen and oxygen atoms in total. The minimum atomic E-state index is -0.111. The van der Waals surface area contributed by atoms with Gasteiger partial charge in [-0.3, -0.25) is 9.59 Å². The highest BCUT2D eigenvalue weighted by molar-refractivity contribution is 8.00. The van der Waals surface area contributed by atoms with E-state index in [-0.39, 0.29) is 23.3 Å². The van der Waals surface area contributed by atoms with Gasteiger partial charge in [0, 0.05) is 18.4 Å². The van der Waals surface area contributed by atoms with E-state index in [0.717, 1.165) is 22.5 Å². The molecule has 0 aliphatic rings. The number of para-hydroxylation sites is 1. The number of hydrogen-bond donors (Lipinski definition) is 2. The number of nitrogens with zero attached hydrogens (tertiary/aromatic N) is 2. The number of carbonyl (C=O) groups excluding carboxylic acids is 2. The lowest BCUT2D eigenvalue weighted by Crippen LogP contribution is -2.28. The van der Waals surface area contributed by atoms with Crippen LogP contribution in [0, 0.1) is 6.92 Å². The topological polar surface area (TPSA) is 76.0 Å². The molecule has 0 spiro atoms. The molecule has 2 amide bonds. The molecule has 0 atom stereocenters. The molecule has 3 rings (SSSR count). The quantitative estimate of drug-likeness (QED) is 0.570. The molecule has 0 unspecified atom stereocenters. The standard InChI is InChI=1S/C22H24N4O2S/c1-17-7-9-19(10-8-17)25-22(28)16-29-15-21(27)23-12-11-18-13-24-26(14-18)20-5-3-2-4-6-20/h2-10,13-14H,11-12,15-16H2,1H3,(H,23,27)(H,25,28). The van der Waals surface area contributed by atoms with Crippen molar-refractivity contribution >= 4 is 29.3 Å². The van der Waals surface area contributed by atoms with Gasteiger partial charge >= 0.3 is 0 Å². The number of aryl methyl sites for hydroxylation is 1. The minimum Gasteiger partial charge on any atom is -0.355 e. The molecule has 0 fully saturated rings. The maximum absolute atomic E-state index is 12.0. The number of benzene rings is 2. The lowest BCUT2D eigenvalue weighted by atomic mass is 10.2. The predicted molar refractivity (Wildman–Crippen MR) is 117 cm³/mol. The summed E-state index contributed by atoms with van der Waals surface area (Å²) in [6.07, 6.45) is 4.48. The summed E-state index contributed by atoms with van der Waals surface area (Å²) < 4.78 is 1.82. The van der Waals surface area contributed by atoms with Gasteiger partial charge in [0.05, 0.1) is 23.4 Å². The van der Waals surface area contributed by atoms with Gasteiger partial charge in [-0.15, -0.1) is 11.8 Å². The summed E-state index contributed by atoms with van der Waals surface area (Å²) in [7, 11) is 0. The lowest BCUT2D eigenvalue weighted by Gasteiger charge is -2.06. The molecule has 0 saturated heterocycles. The van der Waals surface area contributed by atoms with E-state index in [1.165, 1.54) is 11.8 Å². The van der Waals surface area contributed by atoms with Crippen molar-refractivity contribution in [3.63, 3.8) is 0 Å². The molecule has 3 aromatic rings. The summed E-state index contributed by atoms with van der Waals surface area (Å²) in [6, 6.07) is 17.5. The zero-order valence-corrected chi connectivity index (χ0v) is 17.1. The first kappa shape index (κ1) is 20.7. The summed E-state index contributed by atoms with van der Waals surface area (Å²) in [5.41, 5.74) is 3.96. The first-order valence-electron chi connectivity index (χ1n) is 9.40. The highest BCUT2D eigenvalue weighted by Gasteiger charge is 2.07. The van der Waals surface area contributed by atoms with Crippen LogP contribution in [0.5, 0.6) is 0 Å². The first-order valence-corrected chi connectivity index (χ1v) is 10.6. The predicted octanol–water partition coefficient (Wildman–Crippen LogP) is 3.21. The highest BCUT2D eigenvalue weighted by atomic mass is 32.2.